The number of sulfone groups is 1. The van der Waals surface area contributed by atoms with Crippen molar-refractivity contribution in [2.75, 3.05) is 6.26 Å². The Hall–Kier alpha value is -2.34. The molecule has 0 aliphatic rings. The minimum Gasteiger partial charge on any atom is -0.478 e. The molecule has 5 nitrogen and oxygen atoms in total. The van der Waals surface area contributed by atoms with E-state index >= 15 is 0 Å². The SMILES string of the molecule is CS(=O)(=O)c1cccc(Oc2cccc(C(=O)O)c2)c1. The molecule has 0 saturated carbocycles. The zero-order chi connectivity index (χ0) is 14.8. The topological polar surface area (TPSA) is 80.7 Å². The molecule has 0 atom stereocenters. The maximum atomic E-state index is 11.4. The minimum absolute atomic E-state index is 0.0989. The summed E-state index contributed by atoms with van der Waals surface area (Å²) in [5.41, 5.74) is 0.0989. The van der Waals surface area contributed by atoms with Crippen LogP contribution in [0.15, 0.2) is 53.4 Å². The number of ether oxygens (including phenoxy) is 1. The van der Waals surface area contributed by atoms with E-state index < -0.39 is 15.8 Å². The van der Waals surface area contributed by atoms with Crippen molar-refractivity contribution in [2.45, 2.75) is 4.90 Å². The van der Waals surface area contributed by atoms with Crippen LogP contribution in [-0.2, 0) is 9.84 Å². The van der Waals surface area contributed by atoms with Crippen molar-refractivity contribution in [1.82, 2.24) is 0 Å². The van der Waals surface area contributed by atoms with Crippen LogP contribution in [0, 0.1) is 0 Å². The Kier molecular flexibility index (Phi) is 3.76. The molecule has 0 aliphatic heterocycles. The molecule has 0 fully saturated rings. The summed E-state index contributed by atoms with van der Waals surface area (Å²) in [6, 6.07) is 12.0. The van der Waals surface area contributed by atoms with Gasteiger partial charge in [-0.1, -0.05) is 12.1 Å². The molecule has 104 valence electrons. The van der Waals surface area contributed by atoms with E-state index in [1.54, 1.807) is 24.3 Å². The van der Waals surface area contributed by atoms with Crippen LogP contribution in [0.1, 0.15) is 10.4 Å². The van der Waals surface area contributed by atoms with Gasteiger partial charge >= 0.3 is 5.97 Å². The number of carboxylic acids is 1. The standard InChI is InChI=1S/C14H12O5S/c1-20(17,18)13-7-3-6-12(9-13)19-11-5-2-4-10(8-11)14(15)16/h2-9H,1H3,(H,15,16). The molecule has 0 bridgehead atoms. The van der Waals surface area contributed by atoms with Crippen LogP contribution in [0.25, 0.3) is 0 Å². The number of carbonyl (C=O) groups is 1. The third kappa shape index (κ3) is 3.36. The van der Waals surface area contributed by atoms with Crippen LogP contribution in [-0.4, -0.2) is 25.7 Å². The molecule has 0 heterocycles. The molecule has 6 heteroatoms. The molecule has 0 aliphatic carbocycles. The van der Waals surface area contributed by atoms with E-state index in [-0.39, 0.29) is 10.5 Å². The first-order valence-electron chi connectivity index (χ1n) is 5.67. The number of aromatic carboxylic acids is 1. The van der Waals surface area contributed by atoms with Gasteiger partial charge in [0, 0.05) is 6.26 Å². The number of carboxylic acid groups (broad SMARTS) is 1. The molecule has 1 N–H and O–H groups in total. The van der Waals surface area contributed by atoms with Crippen LogP contribution < -0.4 is 4.74 Å². The summed E-state index contributed by atoms with van der Waals surface area (Å²) in [4.78, 5) is 11.0. The molecule has 0 unspecified atom stereocenters. The average molecular weight is 292 g/mol. The minimum atomic E-state index is -3.31. The molecule has 2 aromatic carbocycles. The fourth-order valence-electron chi connectivity index (χ4n) is 1.60. The van der Waals surface area contributed by atoms with E-state index in [1.165, 1.54) is 24.3 Å². The maximum Gasteiger partial charge on any atom is 0.335 e. The second kappa shape index (κ2) is 5.34. The number of hydrogen-bond acceptors (Lipinski definition) is 4. The second-order valence-electron chi connectivity index (χ2n) is 4.18. The molecule has 0 spiro atoms. The van der Waals surface area contributed by atoms with E-state index in [1.807, 2.05) is 0 Å². The van der Waals surface area contributed by atoms with E-state index in [9.17, 15) is 13.2 Å². The Morgan fingerprint density at radius 2 is 1.65 bits per heavy atom. The Labute approximate surface area is 116 Å². The van der Waals surface area contributed by atoms with Gasteiger partial charge in [0.2, 0.25) is 0 Å². The van der Waals surface area contributed by atoms with Gasteiger partial charge in [-0.15, -0.1) is 0 Å². The van der Waals surface area contributed by atoms with Crippen molar-refractivity contribution in [3.8, 4) is 11.5 Å². The van der Waals surface area contributed by atoms with Gasteiger partial charge in [0.05, 0.1) is 10.5 Å². The highest BCUT2D eigenvalue weighted by atomic mass is 32.2. The fraction of sp³-hybridized carbons (Fsp3) is 0.0714. The number of rotatable bonds is 4. The molecule has 20 heavy (non-hydrogen) atoms. The van der Waals surface area contributed by atoms with E-state index in [0.29, 0.717) is 11.5 Å². The van der Waals surface area contributed by atoms with Crippen LogP contribution >= 0.6 is 0 Å². The molecule has 0 saturated heterocycles. The maximum absolute atomic E-state index is 11.4. The van der Waals surface area contributed by atoms with Gasteiger partial charge in [-0.25, -0.2) is 13.2 Å². The molecular weight excluding hydrogens is 280 g/mol. The predicted octanol–water partition coefficient (Wildman–Crippen LogP) is 2.58. The van der Waals surface area contributed by atoms with Crippen molar-refractivity contribution in [2.24, 2.45) is 0 Å². The lowest BCUT2D eigenvalue weighted by Crippen LogP contribution is -1.98. The highest BCUT2D eigenvalue weighted by Crippen LogP contribution is 2.24. The van der Waals surface area contributed by atoms with Crippen molar-refractivity contribution in [1.29, 1.82) is 0 Å². The van der Waals surface area contributed by atoms with Gasteiger partial charge in [-0.05, 0) is 36.4 Å². The Balaban J connectivity index is 2.31. The summed E-state index contributed by atoms with van der Waals surface area (Å²) in [7, 11) is -3.31. The highest BCUT2D eigenvalue weighted by Gasteiger charge is 2.09. The summed E-state index contributed by atoms with van der Waals surface area (Å²) in [6.07, 6.45) is 1.11. The smallest absolute Gasteiger partial charge is 0.335 e. The Bertz CT molecular complexity index is 750. The van der Waals surface area contributed by atoms with Crippen molar-refractivity contribution >= 4 is 15.8 Å². The van der Waals surface area contributed by atoms with Crippen molar-refractivity contribution in [3.05, 3.63) is 54.1 Å². The van der Waals surface area contributed by atoms with Gasteiger partial charge in [0.15, 0.2) is 9.84 Å². The van der Waals surface area contributed by atoms with E-state index in [2.05, 4.69) is 0 Å². The zero-order valence-electron chi connectivity index (χ0n) is 10.6. The molecule has 0 aromatic heterocycles. The molecular formula is C14H12O5S. The van der Waals surface area contributed by atoms with Gasteiger partial charge < -0.3 is 9.84 Å². The number of hydrogen-bond donors (Lipinski definition) is 1. The Morgan fingerprint density at radius 3 is 2.25 bits per heavy atom. The number of benzene rings is 2. The predicted molar refractivity (Wildman–Crippen MR) is 73.0 cm³/mol. The first kappa shape index (κ1) is 14.1. The fourth-order valence-corrected chi connectivity index (χ4v) is 2.25. The first-order chi connectivity index (χ1) is 9.36. The molecule has 0 radical (unpaired) electrons. The average Bonchev–Trinajstić information content (AvgIpc) is 2.38. The van der Waals surface area contributed by atoms with Crippen LogP contribution in [0.4, 0.5) is 0 Å². The molecule has 2 rings (SSSR count). The lowest BCUT2D eigenvalue weighted by Gasteiger charge is -2.07. The monoisotopic (exact) mass is 292 g/mol. The summed E-state index contributed by atoms with van der Waals surface area (Å²) in [5.74, 6) is -0.397. The largest absolute Gasteiger partial charge is 0.478 e. The van der Waals surface area contributed by atoms with Crippen LogP contribution in [0.5, 0.6) is 11.5 Å². The zero-order valence-corrected chi connectivity index (χ0v) is 11.4. The van der Waals surface area contributed by atoms with Crippen LogP contribution in [0.3, 0.4) is 0 Å². The lowest BCUT2D eigenvalue weighted by molar-refractivity contribution is 0.0696. The summed E-state index contributed by atoms with van der Waals surface area (Å²) < 4.78 is 28.4. The van der Waals surface area contributed by atoms with Crippen molar-refractivity contribution in [3.63, 3.8) is 0 Å². The van der Waals surface area contributed by atoms with Gasteiger partial charge in [0.25, 0.3) is 0 Å². The Morgan fingerprint density at radius 1 is 1.05 bits per heavy atom. The second-order valence-corrected chi connectivity index (χ2v) is 6.20. The summed E-state index contributed by atoms with van der Waals surface area (Å²) in [5, 5.41) is 8.89. The van der Waals surface area contributed by atoms with Crippen molar-refractivity contribution < 1.29 is 23.1 Å². The highest BCUT2D eigenvalue weighted by molar-refractivity contribution is 7.90. The lowest BCUT2D eigenvalue weighted by atomic mass is 10.2. The summed E-state index contributed by atoms with van der Waals surface area (Å²) in [6.45, 7) is 0. The van der Waals surface area contributed by atoms with Gasteiger partial charge in [-0.3, -0.25) is 0 Å². The third-order valence-corrected chi connectivity index (χ3v) is 3.66. The quantitative estimate of drug-likeness (QED) is 0.936. The van der Waals surface area contributed by atoms with E-state index in [0.717, 1.165) is 6.26 Å². The van der Waals surface area contributed by atoms with Gasteiger partial charge in [-0.2, -0.15) is 0 Å². The summed E-state index contributed by atoms with van der Waals surface area (Å²) >= 11 is 0. The van der Waals surface area contributed by atoms with E-state index in [4.69, 9.17) is 9.84 Å². The van der Waals surface area contributed by atoms with Crippen LogP contribution in [0.2, 0.25) is 0 Å². The first-order valence-corrected chi connectivity index (χ1v) is 7.57. The van der Waals surface area contributed by atoms with Gasteiger partial charge in [0.1, 0.15) is 11.5 Å². The third-order valence-electron chi connectivity index (χ3n) is 2.55. The normalized spacial score (nSPS) is 11.1. The molecule has 0 amide bonds. The molecule has 2 aromatic rings.